The first-order valence-corrected chi connectivity index (χ1v) is 13.8. The summed E-state index contributed by atoms with van der Waals surface area (Å²) >= 11 is 0. The third-order valence-electron chi connectivity index (χ3n) is 11.9. The van der Waals surface area contributed by atoms with Crippen molar-refractivity contribution in [2.75, 3.05) is 0 Å². The van der Waals surface area contributed by atoms with Crippen molar-refractivity contribution in [2.45, 2.75) is 132 Å². The Kier molecular flexibility index (Phi) is 6.07. The number of fused-ring (bicyclic) bond motifs is 4. The molecule has 1 nitrogen and oxygen atoms in total. The topological polar surface area (TPSA) is 20.2 Å². The summed E-state index contributed by atoms with van der Waals surface area (Å²) in [6.45, 7) is 20.0. The van der Waals surface area contributed by atoms with Gasteiger partial charge in [0.25, 0.3) is 0 Å². The molecule has 0 saturated heterocycles. The van der Waals surface area contributed by atoms with Crippen molar-refractivity contribution in [1.29, 1.82) is 0 Å². The van der Waals surface area contributed by atoms with Crippen LogP contribution in [0.4, 0.5) is 0 Å². The molecule has 4 aliphatic carbocycles. The van der Waals surface area contributed by atoms with Crippen molar-refractivity contribution in [2.24, 2.45) is 45.3 Å². The minimum Gasteiger partial charge on any atom is -0.393 e. The molecule has 31 heavy (non-hydrogen) atoms. The summed E-state index contributed by atoms with van der Waals surface area (Å²) < 4.78 is 0. The van der Waals surface area contributed by atoms with Crippen molar-refractivity contribution < 1.29 is 5.11 Å². The third kappa shape index (κ3) is 3.41. The van der Waals surface area contributed by atoms with Crippen molar-refractivity contribution in [3.05, 3.63) is 11.1 Å². The summed E-state index contributed by atoms with van der Waals surface area (Å²) in [5, 5.41) is 10.8. The molecule has 2 fully saturated rings. The molecule has 0 bridgehead atoms. The van der Waals surface area contributed by atoms with Gasteiger partial charge < -0.3 is 5.11 Å². The number of allylic oxidation sites excluding steroid dienone is 2. The second kappa shape index (κ2) is 7.89. The maximum Gasteiger partial charge on any atom is 0.0594 e. The van der Waals surface area contributed by atoms with Gasteiger partial charge in [-0.25, -0.2) is 0 Å². The highest BCUT2D eigenvalue weighted by molar-refractivity contribution is 5.38. The van der Waals surface area contributed by atoms with Gasteiger partial charge >= 0.3 is 0 Å². The summed E-state index contributed by atoms with van der Waals surface area (Å²) in [5.74, 6) is 3.24. The van der Waals surface area contributed by atoms with Crippen molar-refractivity contribution in [1.82, 2.24) is 0 Å². The smallest absolute Gasteiger partial charge is 0.0594 e. The average molecular weight is 429 g/mol. The standard InChI is InChI=1S/C30H52O/c1-20(2)10-9-11-21(3)22-14-18-30(8)24-12-13-25-27(4,5)26(31)16-17-28(25,6)23(24)15-19-29(22,30)7/h20-22,25-26,31H,9-19H2,1-8H3/t21-,22+,25+,26+,28-,29+,30-/m1/s1. The number of aliphatic hydroxyl groups excluding tert-OH is 1. The molecule has 0 aromatic carbocycles. The van der Waals surface area contributed by atoms with Gasteiger partial charge in [-0.15, -0.1) is 0 Å². The zero-order chi connectivity index (χ0) is 22.8. The van der Waals surface area contributed by atoms with Gasteiger partial charge in [-0.05, 0) is 96.7 Å². The van der Waals surface area contributed by atoms with E-state index in [1.807, 2.05) is 11.1 Å². The Morgan fingerprint density at radius 3 is 2.23 bits per heavy atom. The zero-order valence-electron chi connectivity index (χ0n) is 22.1. The van der Waals surface area contributed by atoms with Gasteiger partial charge in [0.1, 0.15) is 0 Å². The number of hydrogen-bond acceptors (Lipinski definition) is 1. The fraction of sp³-hybridized carbons (Fsp3) is 0.933. The van der Waals surface area contributed by atoms with E-state index in [0.717, 1.165) is 24.2 Å². The number of aliphatic hydroxyl groups is 1. The highest BCUT2D eigenvalue weighted by atomic mass is 16.3. The Labute approximate surface area is 193 Å². The maximum atomic E-state index is 10.8. The van der Waals surface area contributed by atoms with Crippen molar-refractivity contribution in [3.8, 4) is 0 Å². The predicted octanol–water partition coefficient (Wildman–Crippen LogP) is 8.56. The lowest BCUT2D eigenvalue weighted by Crippen LogP contribution is -2.55. The predicted molar refractivity (Wildman–Crippen MR) is 133 cm³/mol. The van der Waals surface area contributed by atoms with E-state index in [1.165, 1.54) is 64.2 Å². The maximum absolute atomic E-state index is 10.8. The Balaban J connectivity index is 1.63. The molecular weight excluding hydrogens is 376 g/mol. The molecule has 178 valence electrons. The summed E-state index contributed by atoms with van der Waals surface area (Å²) in [5.41, 5.74) is 5.01. The fourth-order valence-electron chi connectivity index (χ4n) is 9.68. The first-order chi connectivity index (χ1) is 14.4. The van der Waals surface area contributed by atoms with Gasteiger partial charge in [-0.3, -0.25) is 0 Å². The van der Waals surface area contributed by atoms with Gasteiger partial charge in [0, 0.05) is 0 Å². The van der Waals surface area contributed by atoms with Gasteiger partial charge in [-0.1, -0.05) is 85.8 Å². The third-order valence-corrected chi connectivity index (χ3v) is 11.9. The van der Waals surface area contributed by atoms with Gasteiger partial charge in [-0.2, -0.15) is 0 Å². The van der Waals surface area contributed by atoms with Crippen LogP contribution >= 0.6 is 0 Å². The largest absolute Gasteiger partial charge is 0.393 e. The van der Waals surface area contributed by atoms with Crippen LogP contribution in [0, 0.1) is 45.3 Å². The molecule has 0 heterocycles. The molecule has 7 atom stereocenters. The number of hydrogen-bond donors (Lipinski definition) is 1. The Morgan fingerprint density at radius 2 is 1.55 bits per heavy atom. The minimum atomic E-state index is -0.125. The van der Waals surface area contributed by atoms with E-state index in [1.54, 1.807) is 0 Å². The summed E-state index contributed by atoms with van der Waals surface area (Å²) in [6, 6.07) is 0. The lowest BCUT2D eigenvalue weighted by Gasteiger charge is -2.62. The second-order valence-corrected chi connectivity index (χ2v) is 14.0. The van der Waals surface area contributed by atoms with Crippen LogP contribution in [-0.4, -0.2) is 11.2 Å². The van der Waals surface area contributed by atoms with Crippen molar-refractivity contribution >= 4 is 0 Å². The second-order valence-electron chi connectivity index (χ2n) is 14.0. The Hall–Kier alpha value is -0.300. The molecule has 0 amide bonds. The van der Waals surface area contributed by atoms with Crippen LogP contribution in [0.25, 0.3) is 0 Å². The lowest BCUT2D eigenvalue weighted by atomic mass is 9.43. The van der Waals surface area contributed by atoms with Crippen LogP contribution in [0.5, 0.6) is 0 Å². The molecular formula is C30H52O. The van der Waals surface area contributed by atoms with E-state index in [-0.39, 0.29) is 11.5 Å². The molecule has 0 aliphatic heterocycles. The van der Waals surface area contributed by atoms with Crippen LogP contribution in [0.1, 0.15) is 126 Å². The van der Waals surface area contributed by atoms with Crippen LogP contribution in [-0.2, 0) is 0 Å². The highest BCUT2D eigenvalue weighted by Crippen LogP contribution is 2.72. The molecule has 4 aliphatic rings. The lowest BCUT2D eigenvalue weighted by molar-refractivity contribution is -0.0962. The van der Waals surface area contributed by atoms with Gasteiger partial charge in [0.05, 0.1) is 6.10 Å². The normalized spacial score (nSPS) is 45.3. The van der Waals surface area contributed by atoms with E-state index in [4.69, 9.17) is 0 Å². The van der Waals surface area contributed by atoms with Crippen LogP contribution in [0.15, 0.2) is 11.1 Å². The first-order valence-electron chi connectivity index (χ1n) is 13.8. The molecule has 0 aromatic rings. The summed E-state index contributed by atoms with van der Waals surface area (Å²) in [7, 11) is 0. The fourth-order valence-corrected chi connectivity index (χ4v) is 9.68. The molecule has 0 radical (unpaired) electrons. The Morgan fingerprint density at radius 1 is 0.839 bits per heavy atom. The highest BCUT2D eigenvalue weighted by Gasteiger charge is 2.63. The summed E-state index contributed by atoms with van der Waals surface area (Å²) in [6.07, 6.45) is 14.4. The molecule has 2 saturated carbocycles. The van der Waals surface area contributed by atoms with Crippen molar-refractivity contribution in [3.63, 3.8) is 0 Å². The minimum absolute atomic E-state index is 0.0519. The van der Waals surface area contributed by atoms with Crippen LogP contribution in [0.3, 0.4) is 0 Å². The Bertz CT molecular complexity index is 716. The monoisotopic (exact) mass is 428 g/mol. The van der Waals surface area contributed by atoms with E-state index in [9.17, 15) is 5.11 Å². The summed E-state index contributed by atoms with van der Waals surface area (Å²) in [4.78, 5) is 0. The molecule has 1 heteroatoms. The van der Waals surface area contributed by atoms with Gasteiger partial charge in [0.15, 0.2) is 0 Å². The molecule has 0 aromatic heterocycles. The molecule has 0 spiro atoms. The number of rotatable bonds is 5. The zero-order valence-corrected chi connectivity index (χ0v) is 22.1. The average Bonchev–Trinajstić information content (AvgIpc) is 2.96. The van der Waals surface area contributed by atoms with E-state index < -0.39 is 0 Å². The first kappa shape index (κ1) is 23.8. The van der Waals surface area contributed by atoms with E-state index in [2.05, 4.69) is 55.4 Å². The molecule has 4 rings (SSSR count). The van der Waals surface area contributed by atoms with Crippen LogP contribution < -0.4 is 0 Å². The molecule has 1 N–H and O–H groups in total. The van der Waals surface area contributed by atoms with E-state index >= 15 is 0 Å². The van der Waals surface area contributed by atoms with Crippen LogP contribution in [0.2, 0.25) is 0 Å². The SMILES string of the molecule is CC(C)CCC[C@@H](C)[C@@H]1CC[C@]2(C)C3=C(CC[C@@]12C)[C@@]1(C)CC[C@H](O)C(C)(C)[C@@H]1CC3. The van der Waals surface area contributed by atoms with E-state index in [0.29, 0.717) is 22.2 Å². The molecule has 0 unspecified atom stereocenters. The van der Waals surface area contributed by atoms with Gasteiger partial charge in [0.2, 0.25) is 0 Å². The quantitative estimate of drug-likeness (QED) is 0.435.